The van der Waals surface area contributed by atoms with Crippen LogP contribution in [0.5, 0.6) is 0 Å². The van der Waals surface area contributed by atoms with Crippen molar-refractivity contribution in [2.24, 2.45) is 7.05 Å². The maximum atomic E-state index is 12.5. The maximum Gasteiger partial charge on any atom is 0.347 e. The van der Waals surface area contributed by atoms with Gasteiger partial charge in [-0.25, -0.2) is 0 Å². The summed E-state index contributed by atoms with van der Waals surface area (Å²) in [6.07, 6.45) is -2.30. The quantitative estimate of drug-likeness (QED) is 0.844. The van der Waals surface area contributed by atoms with Crippen LogP contribution in [-0.2, 0) is 13.5 Å². The summed E-state index contributed by atoms with van der Waals surface area (Å²) in [5.41, 5.74) is 0.884. The molecule has 0 aromatic carbocycles. The van der Waals surface area contributed by atoms with Gasteiger partial charge in [0.25, 0.3) is 0 Å². The second kappa shape index (κ2) is 4.23. The van der Waals surface area contributed by atoms with E-state index in [9.17, 15) is 8.78 Å². The molecule has 0 bridgehead atoms. The highest BCUT2D eigenvalue weighted by Crippen LogP contribution is 2.29. The summed E-state index contributed by atoms with van der Waals surface area (Å²) in [6.45, 7) is 1.63. The molecule has 0 spiro atoms. The second-order valence-corrected chi connectivity index (χ2v) is 4.10. The van der Waals surface area contributed by atoms with Crippen molar-refractivity contribution < 1.29 is 13.9 Å². The van der Waals surface area contributed by atoms with Gasteiger partial charge in [-0.3, -0.25) is 4.68 Å². The zero-order valence-corrected chi connectivity index (χ0v) is 9.65. The van der Waals surface area contributed by atoms with Crippen molar-refractivity contribution in [2.75, 3.05) is 0 Å². The number of rotatable bonds is 3. The highest BCUT2D eigenvalue weighted by atomic mass is 35.5. The van der Waals surface area contributed by atoms with Crippen LogP contribution in [0.3, 0.4) is 0 Å². The van der Waals surface area contributed by atoms with Gasteiger partial charge >= 0.3 is 5.38 Å². The molecule has 3 nitrogen and oxygen atoms in total. The number of alkyl halides is 3. The molecule has 1 N–H and O–H groups in total. The predicted molar refractivity (Wildman–Crippen MR) is 53.5 cm³/mol. The van der Waals surface area contributed by atoms with Crippen molar-refractivity contribution in [2.45, 2.75) is 24.8 Å². The minimum absolute atomic E-state index is 0.229. The lowest BCUT2D eigenvalue weighted by atomic mass is 10.1. The van der Waals surface area contributed by atoms with Gasteiger partial charge in [0.2, 0.25) is 0 Å². The number of aliphatic hydroxyl groups is 1. The van der Waals surface area contributed by atoms with Crippen molar-refractivity contribution >= 4 is 23.2 Å². The molecule has 0 fully saturated rings. The van der Waals surface area contributed by atoms with Gasteiger partial charge < -0.3 is 5.11 Å². The SMILES string of the molecule is Cc1nn(C)c(Cl)c1CC(O)C(F)(F)Cl. The van der Waals surface area contributed by atoms with E-state index in [1.165, 1.54) is 4.68 Å². The molecule has 0 aliphatic carbocycles. The summed E-state index contributed by atoms with van der Waals surface area (Å²) in [5, 5.41) is 9.62. The van der Waals surface area contributed by atoms with Crippen LogP contribution >= 0.6 is 23.2 Å². The lowest BCUT2D eigenvalue weighted by Crippen LogP contribution is -2.29. The first-order valence-electron chi connectivity index (χ1n) is 4.16. The zero-order chi connectivity index (χ0) is 11.8. The van der Waals surface area contributed by atoms with Crippen LogP contribution in [0.25, 0.3) is 0 Å². The van der Waals surface area contributed by atoms with Gasteiger partial charge in [0.05, 0.1) is 5.69 Å². The summed E-state index contributed by atoms with van der Waals surface area (Å²) in [6, 6.07) is 0. The van der Waals surface area contributed by atoms with Crippen LogP contribution in [0.1, 0.15) is 11.3 Å². The molecule has 0 amide bonds. The third-order valence-electron chi connectivity index (χ3n) is 2.05. The van der Waals surface area contributed by atoms with Crippen LogP contribution < -0.4 is 0 Å². The fraction of sp³-hybridized carbons (Fsp3) is 0.625. The molecule has 7 heteroatoms. The summed E-state index contributed by atoms with van der Waals surface area (Å²) in [4.78, 5) is 0. The standard InChI is InChI=1S/C8H10Cl2F2N2O/c1-4-5(7(9)14(2)13-4)3-6(15)8(10,11)12/h6,15H,3H2,1-2H3. The van der Waals surface area contributed by atoms with Crippen molar-refractivity contribution in [1.29, 1.82) is 0 Å². The van der Waals surface area contributed by atoms with E-state index in [2.05, 4.69) is 5.10 Å². The molecule has 0 saturated carbocycles. The van der Waals surface area contributed by atoms with E-state index < -0.39 is 11.5 Å². The molecule has 0 radical (unpaired) electrons. The van der Waals surface area contributed by atoms with E-state index in [1.807, 2.05) is 0 Å². The summed E-state index contributed by atoms with van der Waals surface area (Å²) < 4.78 is 26.4. The number of aliphatic hydroxyl groups excluding tert-OH is 1. The summed E-state index contributed by atoms with van der Waals surface area (Å²) >= 11 is 10.5. The number of halogens is 4. The fourth-order valence-electron chi connectivity index (χ4n) is 1.21. The minimum Gasteiger partial charge on any atom is -0.385 e. The Labute approximate surface area is 95.6 Å². The second-order valence-electron chi connectivity index (χ2n) is 3.24. The first-order chi connectivity index (χ1) is 6.73. The lowest BCUT2D eigenvalue weighted by molar-refractivity contribution is -0.0398. The van der Waals surface area contributed by atoms with Crippen LogP contribution in [0.15, 0.2) is 0 Å². The van der Waals surface area contributed by atoms with E-state index in [4.69, 9.17) is 28.3 Å². The molecule has 1 heterocycles. The molecule has 1 unspecified atom stereocenters. The van der Waals surface area contributed by atoms with Gasteiger partial charge in [0.1, 0.15) is 11.3 Å². The Kier molecular flexibility index (Phi) is 3.58. The van der Waals surface area contributed by atoms with Crippen LogP contribution in [0.4, 0.5) is 8.78 Å². The Morgan fingerprint density at radius 2 is 2.13 bits per heavy atom. The van der Waals surface area contributed by atoms with Crippen LogP contribution in [0, 0.1) is 6.92 Å². The Morgan fingerprint density at radius 3 is 2.47 bits per heavy atom. The lowest BCUT2D eigenvalue weighted by Gasteiger charge is -2.15. The molecule has 0 aliphatic rings. The number of aryl methyl sites for hydroxylation is 2. The fourth-order valence-corrected chi connectivity index (χ4v) is 1.54. The largest absolute Gasteiger partial charge is 0.385 e. The smallest absolute Gasteiger partial charge is 0.347 e. The highest BCUT2D eigenvalue weighted by Gasteiger charge is 2.36. The van der Waals surface area contributed by atoms with Crippen LogP contribution in [-0.4, -0.2) is 26.4 Å². The van der Waals surface area contributed by atoms with Gasteiger partial charge in [0.15, 0.2) is 0 Å². The molecule has 0 saturated heterocycles. The average Bonchev–Trinajstić information content (AvgIpc) is 2.30. The Balaban J connectivity index is 2.90. The molecule has 1 aromatic heterocycles. The zero-order valence-electron chi connectivity index (χ0n) is 8.14. The first-order valence-corrected chi connectivity index (χ1v) is 4.91. The molecule has 1 rings (SSSR count). The number of hydrogen-bond donors (Lipinski definition) is 1. The Hall–Kier alpha value is -0.390. The van der Waals surface area contributed by atoms with E-state index >= 15 is 0 Å². The van der Waals surface area contributed by atoms with Gasteiger partial charge in [-0.15, -0.1) is 0 Å². The maximum absolute atomic E-state index is 12.5. The van der Waals surface area contributed by atoms with Gasteiger partial charge in [-0.2, -0.15) is 13.9 Å². The van der Waals surface area contributed by atoms with E-state index in [0.717, 1.165) is 0 Å². The highest BCUT2D eigenvalue weighted by molar-refractivity contribution is 6.30. The Morgan fingerprint density at radius 1 is 1.60 bits per heavy atom. The van der Waals surface area contributed by atoms with Gasteiger partial charge in [0, 0.05) is 19.0 Å². The predicted octanol–water partition coefficient (Wildman–Crippen LogP) is 2.12. The molecule has 0 aliphatic heterocycles. The summed E-state index contributed by atoms with van der Waals surface area (Å²) in [7, 11) is 1.59. The topological polar surface area (TPSA) is 38.0 Å². The van der Waals surface area contributed by atoms with Gasteiger partial charge in [-0.1, -0.05) is 11.6 Å². The van der Waals surface area contributed by atoms with E-state index in [-0.39, 0.29) is 11.6 Å². The molecule has 15 heavy (non-hydrogen) atoms. The monoisotopic (exact) mass is 258 g/mol. The van der Waals surface area contributed by atoms with E-state index in [0.29, 0.717) is 11.3 Å². The Bertz CT molecular complexity index is 362. The number of nitrogens with zero attached hydrogens (tertiary/aromatic N) is 2. The van der Waals surface area contributed by atoms with Crippen molar-refractivity contribution in [1.82, 2.24) is 9.78 Å². The van der Waals surface area contributed by atoms with Crippen molar-refractivity contribution in [3.05, 3.63) is 16.4 Å². The molecular weight excluding hydrogens is 249 g/mol. The third-order valence-corrected chi connectivity index (χ3v) is 2.77. The molecule has 86 valence electrons. The number of hydrogen-bond acceptors (Lipinski definition) is 2. The van der Waals surface area contributed by atoms with Crippen LogP contribution in [0.2, 0.25) is 5.15 Å². The van der Waals surface area contributed by atoms with E-state index in [1.54, 1.807) is 14.0 Å². The molecular formula is C8H10Cl2F2N2O. The van der Waals surface area contributed by atoms with Gasteiger partial charge in [-0.05, 0) is 18.5 Å². The first kappa shape index (κ1) is 12.7. The molecule has 1 atom stereocenters. The average molecular weight is 259 g/mol. The molecule has 1 aromatic rings. The normalized spacial score (nSPS) is 14.3. The number of aromatic nitrogens is 2. The summed E-state index contributed by atoms with van der Waals surface area (Å²) in [5.74, 6) is 0. The van der Waals surface area contributed by atoms with Crippen molar-refractivity contribution in [3.63, 3.8) is 0 Å². The third kappa shape index (κ3) is 2.80. The van der Waals surface area contributed by atoms with Crippen molar-refractivity contribution in [3.8, 4) is 0 Å². The minimum atomic E-state index is -3.66.